The van der Waals surface area contributed by atoms with Gasteiger partial charge >= 0.3 is 0 Å². The number of nitrogens with zero attached hydrogens (tertiary/aromatic N) is 2. The number of aryl methyl sites for hydroxylation is 1. The van der Waals surface area contributed by atoms with Crippen LogP contribution in [-0.2, 0) is 13.0 Å². The monoisotopic (exact) mass is 414 g/mol. The first-order chi connectivity index (χ1) is 14.2. The van der Waals surface area contributed by atoms with Gasteiger partial charge in [0, 0.05) is 31.6 Å². The molecular weight excluding hydrogens is 380 g/mol. The van der Waals surface area contributed by atoms with Gasteiger partial charge in [-0.25, -0.2) is 0 Å². The lowest BCUT2D eigenvalue weighted by Gasteiger charge is -2.32. The highest BCUT2D eigenvalue weighted by molar-refractivity contribution is 7.09. The average Bonchev–Trinajstić information content (AvgIpc) is 3.26. The minimum absolute atomic E-state index is 0.717. The number of aliphatic imine (C=N–C) groups is 1. The Kier molecular flexibility index (Phi) is 8.38. The van der Waals surface area contributed by atoms with Crippen LogP contribution >= 0.6 is 11.3 Å². The van der Waals surface area contributed by atoms with Gasteiger partial charge in [0.25, 0.3) is 0 Å². The van der Waals surface area contributed by atoms with E-state index in [9.17, 15) is 0 Å². The molecule has 5 nitrogen and oxygen atoms in total. The molecule has 1 saturated heterocycles. The van der Waals surface area contributed by atoms with E-state index in [4.69, 9.17) is 4.74 Å². The zero-order valence-corrected chi connectivity index (χ0v) is 18.7. The van der Waals surface area contributed by atoms with Crippen molar-refractivity contribution in [3.05, 3.63) is 51.7 Å². The van der Waals surface area contributed by atoms with Gasteiger partial charge in [0.2, 0.25) is 0 Å². The summed E-state index contributed by atoms with van der Waals surface area (Å²) in [4.78, 5) is 8.42. The van der Waals surface area contributed by atoms with E-state index in [0.717, 1.165) is 43.7 Å². The average molecular weight is 415 g/mol. The Morgan fingerprint density at radius 3 is 2.76 bits per heavy atom. The highest BCUT2D eigenvalue weighted by atomic mass is 32.1. The van der Waals surface area contributed by atoms with Crippen molar-refractivity contribution >= 4 is 17.3 Å². The van der Waals surface area contributed by atoms with Crippen LogP contribution in [0.1, 0.15) is 28.8 Å². The highest BCUT2D eigenvalue weighted by Gasteiger charge is 2.19. The molecule has 1 fully saturated rings. The topological polar surface area (TPSA) is 48.9 Å². The first-order valence-corrected chi connectivity index (χ1v) is 11.4. The Labute approximate surface area is 179 Å². The Hall–Kier alpha value is -2.05. The summed E-state index contributed by atoms with van der Waals surface area (Å²) in [6, 6.07) is 10.8. The Balaban J connectivity index is 1.34. The second-order valence-corrected chi connectivity index (χ2v) is 8.76. The van der Waals surface area contributed by atoms with Crippen LogP contribution in [0.3, 0.4) is 0 Å². The van der Waals surface area contributed by atoms with Crippen LogP contribution in [-0.4, -0.2) is 51.2 Å². The lowest BCUT2D eigenvalue weighted by Crippen LogP contribution is -2.43. The predicted octanol–water partition coefficient (Wildman–Crippen LogP) is 3.68. The summed E-state index contributed by atoms with van der Waals surface area (Å²) in [5.41, 5.74) is 2.44. The molecule has 2 heterocycles. The molecule has 1 aliphatic heterocycles. The van der Waals surface area contributed by atoms with Crippen molar-refractivity contribution in [3.8, 4) is 5.75 Å². The number of ether oxygens (including phenoxy) is 1. The van der Waals surface area contributed by atoms with Gasteiger partial charge in [0.1, 0.15) is 5.75 Å². The molecule has 0 atom stereocenters. The first kappa shape index (κ1) is 21.7. The van der Waals surface area contributed by atoms with Crippen molar-refractivity contribution in [1.29, 1.82) is 0 Å². The molecule has 158 valence electrons. The van der Waals surface area contributed by atoms with E-state index in [2.05, 4.69) is 63.2 Å². The van der Waals surface area contributed by atoms with Crippen LogP contribution in [0.25, 0.3) is 0 Å². The van der Waals surface area contributed by atoms with Gasteiger partial charge in [-0.05, 0) is 73.8 Å². The van der Waals surface area contributed by atoms with Crippen LogP contribution < -0.4 is 15.4 Å². The molecule has 0 radical (unpaired) electrons. The molecule has 0 unspecified atom stereocenters. The van der Waals surface area contributed by atoms with Gasteiger partial charge in [-0.1, -0.05) is 18.2 Å². The van der Waals surface area contributed by atoms with Crippen molar-refractivity contribution in [3.63, 3.8) is 0 Å². The number of guanidine groups is 1. The molecule has 1 aliphatic rings. The maximum atomic E-state index is 5.42. The van der Waals surface area contributed by atoms with Crippen molar-refractivity contribution in [2.75, 3.05) is 40.3 Å². The summed E-state index contributed by atoms with van der Waals surface area (Å²) < 4.78 is 5.42. The predicted molar refractivity (Wildman–Crippen MR) is 123 cm³/mol. The van der Waals surface area contributed by atoms with Crippen LogP contribution in [0.4, 0.5) is 0 Å². The summed E-state index contributed by atoms with van der Waals surface area (Å²) in [6.07, 6.45) is 3.44. The molecule has 3 rings (SSSR count). The van der Waals surface area contributed by atoms with E-state index in [0.29, 0.717) is 0 Å². The fraction of sp³-hybridized carbons (Fsp3) is 0.522. The van der Waals surface area contributed by atoms with E-state index >= 15 is 0 Å². The van der Waals surface area contributed by atoms with E-state index in [1.54, 1.807) is 7.11 Å². The molecule has 2 N–H and O–H groups in total. The van der Waals surface area contributed by atoms with Gasteiger partial charge in [0.05, 0.1) is 7.11 Å². The summed E-state index contributed by atoms with van der Waals surface area (Å²) in [6.45, 7) is 7.39. The van der Waals surface area contributed by atoms with Gasteiger partial charge in [-0.2, -0.15) is 0 Å². The zero-order valence-electron chi connectivity index (χ0n) is 17.9. The van der Waals surface area contributed by atoms with Crippen LogP contribution in [0.15, 0.2) is 40.7 Å². The summed E-state index contributed by atoms with van der Waals surface area (Å²) in [5, 5.41) is 9.12. The smallest absolute Gasteiger partial charge is 0.190 e. The van der Waals surface area contributed by atoms with Crippen molar-refractivity contribution in [1.82, 2.24) is 15.5 Å². The third-order valence-corrected chi connectivity index (χ3v) is 6.49. The molecule has 2 aromatic rings. The standard InChI is InChI=1S/C23H34N4OS/c1-18-6-7-19(15-22(18)28-3)8-11-25-23(24-2)26-16-20-9-12-27(13-10-20)17-21-5-4-14-29-21/h4-7,14-15,20H,8-13,16-17H2,1-3H3,(H2,24,25,26). The SMILES string of the molecule is CN=C(NCCc1ccc(C)c(OC)c1)NCC1CCN(Cc2cccs2)CC1. The lowest BCUT2D eigenvalue weighted by molar-refractivity contribution is 0.179. The molecule has 29 heavy (non-hydrogen) atoms. The molecule has 0 saturated carbocycles. The first-order valence-electron chi connectivity index (χ1n) is 10.5. The number of likely N-dealkylation sites (tertiary alicyclic amines) is 1. The molecule has 1 aromatic carbocycles. The maximum absolute atomic E-state index is 5.42. The third kappa shape index (κ3) is 6.75. The molecule has 0 aliphatic carbocycles. The maximum Gasteiger partial charge on any atom is 0.190 e. The number of benzene rings is 1. The van der Waals surface area contributed by atoms with Crippen molar-refractivity contribution in [2.45, 2.75) is 32.7 Å². The normalized spacial score (nSPS) is 16.0. The number of piperidine rings is 1. The molecule has 0 spiro atoms. The number of nitrogens with one attached hydrogen (secondary N) is 2. The van der Waals surface area contributed by atoms with Crippen LogP contribution in [0, 0.1) is 12.8 Å². The number of hydrogen-bond donors (Lipinski definition) is 2. The van der Waals surface area contributed by atoms with Crippen LogP contribution in [0.5, 0.6) is 5.75 Å². The minimum atomic E-state index is 0.717. The van der Waals surface area contributed by atoms with Crippen LogP contribution in [0.2, 0.25) is 0 Å². The van der Waals surface area contributed by atoms with E-state index < -0.39 is 0 Å². The van der Waals surface area contributed by atoms with E-state index in [-0.39, 0.29) is 0 Å². The lowest BCUT2D eigenvalue weighted by atomic mass is 9.97. The second kappa shape index (κ2) is 11.2. The number of hydrogen-bond acceptors (Lipinski definition) is 4. The number of thiophene rings is 1. The molecule has 1 aromatic heterocycles. The minimum Gasteiger partial charge on any atom is -0.496 e. The van der Waals surface area contributed by atoms with Crippen molar-refractivity contribution < 1.29 is 4.74 Å². The Morgan fingerprint density at radius 1 is 1.24 bits per heavy atom. The summed E-state index contributed by atoms with van der Waals surface area (Å²) in [7, 11) is 3.57. The number of rotatable bonds is 8. The van der Waals surface area contributed by atoms with Gasteiger partial charge in [-0.15, -0.1) is 11.3 Å². The molecule has 0 bridgehead atoms. The molecular formula is C23H34N4OS. The zero-order chi connectivity index (χ0) is 20.5. The fourth-order valence-electron chi connectivity index (χ4n) is 3.78. The fourth-order valence-corrected chi connectivity index (χ4v) is 4.52. The Bertz CT molecular complexity index is 767. The third-order valence-electron chi connectivity index (χ3n) is 5.63. The summed E-state index contributed by atoms with van der Waals surface area (Å²) in [5.74, 6) is 2.56. The molecule has 0 amide bonds. The van der Waals surface area contributed by atoms with Crippen molar-refractivity contribution in [2.24, 2.45) is 10.9 Å². The quantitative estimate of drug-likeness (QED) is 0.511. The summed E-state index contributed by atoms with van der Waals surface area (Å²) >= 11 is 1.86. The second-order valence-electron chi connectivity index (χ2n) is 7.73. The molecule has 6 heteroatoms. The largest absolute Gasteiger partial charge is 0.496 e. The van der Waals surface area contributed by atoms with E-state index in [1.165, 1.54) is 41.9 Å². The van der Waals surface area contributed by atoms with Gasteiger partial charge in [-0.3, -0.25) is 9.89 Å². The van der Waals surface area contributed by atoms with Gasteiger partial charge in [0.15, 0.2) is 5.96 Å². The highest BCUT2D eigenvalue weighted by Crippen LogP contribution is 2.20. The van der Waals surface area contributed by atoms with E-state index in [1.807, 2.05) is 18.4 Å². The van der Waals surface area contributed by atoms with Gasteiger partial charge < -0.3 is 15.4 Å². The Morgan fingerprint density at radius 2 is 2.07 bits per heavy atom. The number of methoxy groups -OCH3 is 1.